The Kier molecular flexibility index (Phi) is 3.49. The normalized spacial score (nSPS) is 12.0. The van der Waals surface area contributed by atoms with Gasteiger partial charge in [-0.25, -0.2) is 0 Å². The summed E-state index contributed by atoms with van der Waals surface area (Å²) in [6.07, 6.45) is 1.07. The molecule has 0 atom stereocenters. The highest BCUT2D eigenvalue weighted by Gasteiger charge is 2.12. The van der Waals surface area contributed by atoms with Gasteiger partial charge in [0.1, 0.15) is 0 Å². The van der Waals surface area contributed by atoms with Crippen molar-refractivity contribution in [2.75, 3.05) is 12.3 Å². The molecule has 0 spiro atoms. The number of nitrogens with two attached hydrogens (primary N) is 1. The first-order chi connectivity index (χ1) is 3.62. The van der Waals surface area contributed by atoms with Crippen LogP contribution in [0.4, 0.5) is 0 Å². The number of hydrogen-bond acceptors (Lipinski definition) is 2. The van der Waals surface area contributed by atoms with Gasteiger partial charge < -0.3 is 5.73 Å². The van der Waals surface area contributed by atoms with Crippen LogP contribution in [0.15, 0.2) is 0 Å². The zero-order valence-corrected chi connectivity index (χ0v) is 6.54. The molecule has 0 saturated carbocycles. The minimum atomic E-state index is 0.331. The summed E-state index contributed by atoms with van der Waals surface area (Å²) in [6.45, 7) is 5.12. The third-order valence-electron chi connectivity index (χ3n) is 1.25. The third-order valence-corrected chi connectivity index (χ3v) is 2.11. The molecule has 50 valence electrons. The van der Waals surface area contributed by atoms with Crippen LogP contribution in [0.2, 0.25) is 0 Å². The number of rotatable bonds is 3. The number of hydrogen-bond donors (Lipinski definition) is 2. The molecule has 2 heteroatoms. The maximum Gasteiger partial charge on any atom is -0.00460 e. The molecule has 0 radical (unpaired) electrons. The second kappa shape index (κ2) is 3.36. The lowest BCUT2D eigenvalue weighted by Crippen LogP contribution is -2.18. The highest BCUT2D eigenvalue weighted by atomic mass is 32.1. The SMILES string of the molecule is CC(C)(CS)CCN. The van der Waals surface area contributed by atoms with Gasteiger partial charge >= 0.3 is 0 Å². The van der Waals surface area contributed by atoms with E-state index in [0.717, 1.165) is 18.7 Å². The predicted molar refractivity (Wildman–Crippen MR) is 41.3 cm³/mol. The summed E-state index contributed by atoms with van der Waals surface area (Å²) >= 11 is 4.18. The fourth-order valence-corrected chi connectivity index (χ4v) is 0.628. The second-order valence-corrected chi connectivity index (χ2v) is 3.18. The maximum absolute atomic E-state index is 5.36. The monoisotopic (exact) mass is 133 g/mol. The molecule has 0 aliphatic rings. The molecule has 0 saturated heterocycles. The first kappa shape index (κ1) is 8.31. The van der Waals surface area contributed by atoms with Crippen molar-refractivity contribution in [1.29, 1.82) is 0 Å². The lowest BCUT2D eigenvalue weighted by Gasteiger charge is -2.19. The molecule has 0 aromatic rings. The smallest absolute Gasteiger partial charge is 0.00460 e. The predicted octanol–water partition coefficient (Wildman–Crippen LogP) is 1.29. The van der Waals surface area contributed by atoms with E-state index in [0.29, 0.717) is 5.41 Å². The van der Waals surface area contributed by atoms with E-state index >= 15 is 0 Å². The van der Waals surface area contributed by atoms with Crippen LogP contribution in [0.5, 0.6) is 0 Å². The molecule has 1 nitrogen and oxygen atoms in total. The van der Waals surface area contributed by atoms with E-state index in [2.05, 4.69) is 26.5 Å². The van der Waals surface area contributed by atoms with E-state index < -0.39 is 0 Å². The van der Waals surface area contributed by atoms with Gasteiger partial charge in [-0.3, -0.25) is 0 Å². The largest absolute Gasteiger partial charge is 0.330 e. The van der Waals surface area contributed by atoms with E-state index in [1.807, 2.05) is 0 Å². The molecule has 2 N–H and O–H groups in total. The fraction of sp³-hybridized carbons (Fsp3) is 1.00. The summed E-state index contributed by atoms with van der Waals surface area (Å²) in [7, 11) is 0. The summed E-state index contributed by atoms with van der Waals surface area (Å²) < 4.78 is 0. The van der Waals surface area contributed by atoms with Gasteiger partial charge in [-0.15, -0.1) is 0 Å². The Labute approximate surface area is 57.1 Å². The molecule has 0 unspecified atom stereocenters. The van der Waals surface area contributed by atoms with Crippen molar-refractivity contribution in [3.63, 3.8) is 0 Å². The first-order valence-electron chi connectivity index (χ1n) is 2.93. The third kappa shape index (κ3) is 3.33. The average molecular weight is 133 g/mol. The van der Waals surface area contributed by atoms with E-state index in [-0.39, 0.29) is 0 Å². The highest BCUT2D eigenvalue weighted by molar-refractivity contribution is 7.80. The van der Waals surface area contributed by atoms with Crippen LogP contribution in [0.1, 0.15) is 20.3 Å². The molecule has 0 heterocycles. The molecule has 0 rings (SSSR count). The van der Waals surface area contributed by atoms with Gasteiger partial charge in [-0.2, -0.15) is 12.6 Å². The molecule has 0 aromatic heterocycles. The minimum Gasteiger partial charge on any atom is -0.330 e. The fourth-order valence-electron chi connectivity index (χ4n) is 0.470. The zero-order chi connectivity index (χ0) is 6.62. The quantitative estimate of drug-likeness (QED) is 0.557. The molecule has 0 aromatic carbocycles. The van der Waals surface area contributed by atoms with Crippen LogP contribution < -0.4 is 5.73 Å². The van der Waals surface area contributed by atoms with Gasteiger partial charge in [0.25, 0.3) is 0 Å². The van der Waals surface area contributed by atoms with E-state index in [1.165, 1.54) is 0 Å². The van der Waals surface area contributed by atoms with Crippen molar-refractivity contribution in [1.82, 2.24) is 0 Å². The molecular formula is C6H15NS. The van der Waals surface area contributed by atoms with Gasteiger partial charge in [0, 0.05) is 0 Å². The molecule has 8 heavy (non-hydrogen) atoms. The van der Waals surface area contributed by atoms with Crippen molar-refractivity contribution in [2.45, 2.75) is 20.3 Å². The summed E-state index contributed by atoms with van der Waals surface area (Å²) in [5.41, 5.74) is 5.69. The topological polar surface area (TPSA) is 26.0 Å². The van der Waals surface area contributed by atoms with E-state index in [4.69, 9.17) is 5.73 Å². The van der Waals surface area contributed by atoms with Gasteiger partial charge in [0.05, 0.1) is 0 Å². The van der Waals surface area contributed by atoms with Crippen LogP contribution in [0.3, 0.4) is 0 Å². The van der Waals surface area contributed by atoms with Gasteiger partial charge in [0.15, 0.2) is 0 Å². The Balaban J connectivity index is 3.37. The van der Waals surface area contributed by atoms with E-state index in [1.54, 1.807) is 0 Å². The lowest BCUT2D eigenvalue weighted by atomic mass is 9.92. The van der Waals surface area contributed by atoms with Crippen molar-refractivity contribution >= 4 is 12.6 Å². The van der Waals surface area contributed by atoms with Crippen LogP contribution in [-0.4, -0.2) is 12.3 Å². The molecule has 0 bridgehead atoms. The van der Waals surface area contributed by atoms with Crippen molar-refractivity contribution < 1.29 is 0 Å². The molecular weight excluding hydrogens is 118 g/mol. The Hall–Kier alpha value is 0.310. The standard InChI is InChI=1S/C6H15NS/c1-6(2,5-8)3-4-7/h8H,3-5,7H2,1-2H3. The minimum absolute atomic E-state index is 0.331. The summed E-state index contributed by atoms with van der Waals surface area (Å²) in [6, 6.07) is 0. The Morgan fingerprint density at radius 2 is 2.00 bits per heavy atom. The van der Waals surface area contributed by atoms with Crippen LogP contribution in [-0.2, 0) is 0 Å². The summed E-state index contributed by atoms with van der Waals surface area (Å²) in [5.74, 6) is 0.921. The zero-order valence-electron chi connectivity index (χ0n) is 5.65. The molecule has 0 amide bonds. The van der Waals surface area contributed by atoms with Crippen LogP contribution in [0, 0.1) is 5.41 Å². The lowest BCUT2D eigenvalue weighted by molar-refractivity contribution is 0.395. The van der Waals surface area contributed by atoms with Gasteiger partial charge in [-0.1, -0.05) is 13.8 Å². The summed E-state index contributed by atoms with van der Waals surface area (Å²) in [4.78, 5) is 0. The Bertz CT molecular complexity index is 61.5. The Morgan fingerprint density at radius 1 is 1.50 bits per heavy atom. The highest BCUT2D eigenvalue weighted by Crippen LogP contribution is 2.19. The Morgan fingerprint density at radius 3 is 2.12 bits per heavy atom. The van der Waals surface area contributed by atoms with Crippen molar-refractivity contribution in [2.24, 2.45) is 11.1 Å². The van der Waals surface area contributed by atoms with E-state index in [9.17, 15) is 0 Å². The van der Waals surface area contributed by atoms with Crippen molar-refractivity contribution in [3.8, 4) is 0 Å². The first-order valence-corrected chi connectivity index (χ1v) is 3.56. The summed E-state index contributed by atoms with van der Waals surface area (Å²) in [5, 5.41) is 0. The number of thiol groups is 1. The molecule has 0 aliphatic heterocycles. The second-order valence-electron chi connectivity index (χ2n) is 2.86. The van der Waals surface area contributed by atoms with Crippen LogP contribution in [0.25, 0.3) is 0 Å². The van der Waals surface area contributed by atoms with Crippen molar-refractivity contribution in [3.05, 3.63) is 0 Å². The van der Waals surface area contributed by atoms with Gasteiger partial charge in [0.2, 0.25) is 0 Å². The van der Waals surface area contributed by atoms with Crippen LogP contribution >= 0.6 is 12.6 Å². The average Bonchev–Trinajstić information content (AvgIpc) is 1.67. The molecule has 0 fully saturated rings. The maximum atomic E-state index is 5.36. The molecule has 0 aliphatic carbocycles. The van der Waals surface area contributed by atoms with Gasteiger partial charge in [-0.05, 0) is 24.1 Å².